The average molecular weight is 258 g/mol. The summed E-state index contributed by atoms with van der Waals surface area (Å²) in [5, 5.41) is 3.66. The van der Waals surface area contributed by atoms with Gasteiger partial charge in [-0.15, -0.1) is 0 Å². The van der Waals surface area contributed by atoms with Crippen molar-refractivity contribution in [2.45, 2.75) is 64.3 Å². The molecule has 0 aromatic heterocycles. The van der Waals surface area contributed by atoms with E-state index in [1.54, 1.807) is 0 Å². The van der Waals surface area contributed by atoms with Crippen LogP contribution in [0.2, 0.25) is 0 Å². The number of hydrogen-bond acceptors (Lipinski definition) is 3. The zero-order chi connectivity index (χ0) is 12.9. The van der Waals surface area contributed by atoms with Gasteiger partial charge in [-0.25, -0.2) is 0 Å². The van der Waals surface area contributed by atoms with Gasteiger partial charge >= 0.3 is 0 Å². The topological polar surface area (TPSA) is 15.3 Å². The molecule has 2 atom stereocenters. The Morgan fingerprint density at radius 2 is 1.94 bits per heavy atom. The zero-order valence-corrected chi connectivity index (χ0v) is 13.1. The van der Waals surface area contributed by atoms with Crippen molar-refractivity contribution in [3.63, 3.8) is 0 Å². The van der Waals surface area contributed by atoms with E-state index in [-0.39, 0.29) is 0 Å². The van der Waals surface area contributed by atoms with Gasteiger partial charge in [0.15, 0.2) is 0 Å². The second-order valence-electron chi connectivity index (χ2n) is 6.03. The maximum Gasteiger partial charge on any atom is 0.0219 e. The van der Waals surface area contributed by atoms with Gasteiger partial charge in [-0.2, -0.15) is 11.8 Å². The SMILES string of the molecule is CCC1CN(CCSC(C)(C)C)C(CC)CN1. The highest BCUT2D eigenvalue weighted by Gasteiger charge is 2.25. The molecule has 0 saturated carbocycles. The first-order valence-electron chi connectivity index (χ1n) is 7.07. The van der Waals surface area contributed by atoms with Crippen molar-refractivity contribution in [3.05, 3.63) is 0 Å². The number of piperazine rings is 1. The first-order valence-corrected chi connectivity index (χ1v) is 8.06. The average Bonchev–Trinajstić information content (AvgIpc) is 2.27. The summed E-state index contributed by atoms with van der Waals surface area (Å²) in [6.45, 7) is 15.2. The van der Waals surface area contributed by atoms with Crippen molar-refractivity contribution >= 4 is 11.8 Å². The van der Waals surface area contributed by atoms with E-state index in [0.717, 1.165) is 6.04 Å². The van der Waals surface area contributed by atoms with E-state index < -0.39 is 0 Å². The molecule has 1 fully saturated rings. The van der Waals surface area contributed by atoms with Crippen LogP contribution in [0.3, 0.4) is 0 Å². The summed E-state index contributed by atoms with van der Waals surface area (Å²) in [7, 11) is 0. The Balaban J connectivity index is 2.36. The van der Waals surface area contributed by atoms with Crippen LogP contribution in [0.4, 0.5) is 0 Å². The van der Waals surface area contributed by atoms with Gasteiger partial charge in [-0.1, -0.05) is 34.6 Å². The monoisotopic (exact) mass is 258 g/mol. The van der Waals surface area contributed by atoms with Gasteiger partial charge in [0.1, 0.15) is 0 Å². The summed E-state index contributed by atoms with van der Waals surface area (Å²) < 4.78 is 0.403. The third-order valence-electron chi connectivity index (χ3n) is 3.49. The molecule has 1 N–H and O–H groups in total. The van der Waals surface area contributed by atoms with Crippen LogP contribution in [0, 0.1) is 0 Å². The van der Waals surface area contributed by atoms with Crippen LogP contribution >= 0.6 is 11.8 Å². The second kappa shape index (κ2) is 7.01. The number of thioether (sulfide) groups is 1. The smallest absolute Gasteiger partial charge is 0.0219 e. The summed E-state index contributed by atoms with van der Waals surface area (Å²) in [5.74, 6) is 1.26. The predicted molar refractivity (Wildman–Crippen MR) is 79.9 cm³/mol. The lowest BCUT2D eigenvalue weighted by atomic mass is 10.1. The van der Waals surface area contributed by atoms with Crippen LogP contribution in [-0.2, 0) is 0 Å². The van der Waals surface area contributed by atoms with Crippen molar-refractivity contribution in [1.29, 1.82) is 0 Å². The Hall–Kier alpha value is 0.270. The molecule has 0 radical (unpaired) electrons. The summed E-state index contributed by atoms with van der Waals surface area (Å²) in [4.78, 5) is 2.70. The van der Waals surface area contributed by atoms with E-state index in [1.165, 1.54) is 38.2 Å². The molecule has 3 heteroatoms. The van der Waals surface area contributed by atoms with Crippen LogP contribution < -0.4 is 5.32 Å². The molecule has 0 aromatic rings. The lowest BCUT2D eigenvalue weighted by Gasteiger charge is -2.40. The second-order valence-corrected chi connectivity index (χ2v) is 7.95. The molecule has 1 aliphatic heterocycles. The fourth-order valence-electron chi connectivity index (χ4n) is 2.35. The Morgan fingerprint density at radius 1 is 1.24 bits per heavy atom. The molecule has 17 heavy (non-hydrogen) atoms. The molecular weight excluding hydrogens is 228 g/mol. The molecular formula is C14H30N2S. The number of rotatable bonds is 5. The number of nitrogens with zero attached hydrogens (tertiary/aromatic N) is 1. The van der Waals surface area contributed by atoms with Gasteiger partial charge in [0.05, 0.1) is 0 Å². The minimum atomic E-state index is 0.403. The minimum Gasteiger partial charge on any atom is -0.311 e. The van der Waals surface area contributed by atoms with E-state index in [9.17, 15) is 0 Å². The molecule has 1 saturated heterocycles. The van der Waals surface area contributed by atoms with Crippen molar-refractivity contribution < 1.29 is 0 Å². The number of hydrogen-bond donors (Lipinski definition) is 1. The summed E-state index contributed by atoms with van der Waals surface area (Å²) in [6.07, 6.45) is 2.52. The molecule has 2 unspecified atom stereocenters. The molecule has 1 rings (SSSR count). The van der Waals surface area contributed by atoms with Gasteiger partial charge in [-0.3, -0.25) is 4.90 Å². The standard InChI is InChI=1S/C14H30N2S/c1-6-12-11-16(13(7-2)10-15-12)8-9-17-14(3,4)5/h12-13,15H,6-11H2,1-5H3. The first-order chi connectivity index (χ1) is 7.96. The maximum atomic E-state index is 3.66. The van der Waals surface area contributed by atoms with Crippen molar-refractivity contribution in [2.75, 3.05) is 25.4 Å². The van der Waals surface area contributed by atoms with Crippen LogP contribution in [0.5, 0.6) is 0 Å². The highest BCUT2D eigenvalue weighted by atomic mass is 32.2. The van der Waals surface area contributed by atoms with Crippen LogP contribution in [0.15, 0.2) is 0 Å². The fraction of sp³-hybridized carbons (Fsp3) is 1.00. The largest absolute Gasteiger partial charge is 0.311 e. The van der Waals surface area contributed by atoms with Crippen molar-refractivity contribution in [3.8, 4) is 0 Å². The van der Waals surface area contributed by atoms with Gasteiger partial charge in [0.25, 0.3) is 0 Å². The van der Waals surface area contributed by atoms with E-state index in [4.69, 9.17) is 0 Å². The number of nitrogens with one attached hydrogen (secondary N) is 1. The molecule has 102 valence electrons. The van der Waals surface area contributed by atoms with Gasteiger partial charge < -0.3 is 5.32 Å². The third-order valence-corrected chi connectivity index (χ3v) is 4.74. The predicted octanol–water partition coefficient (Wildman–Crippen LogP) is 2.98. The summed E-state index contributed by atoms with van der Waals surface area (Å²) in [5.41, 5.74) is 0. The lowest BCUT2D eigenvalue weighted by Crippen LogP contribution is -2.56. The summed E-state index contributed by atoms with van der Waals surface area (Å²) in [6, 6.07) is 1.45. The molecule has 0 aliphatic carbocycles. The Morgan fingerprint density at radius 3 is 2.47 bits per heavy atom. The Labute approximate surface area is 112 Å². The Bertz CT molecular complexity index is 213. The lowest BCUT2D eigenvalue weighted by molar-refractivity contribution is 0.133. The molecule has 1 heterocycles. The highest BCUT2D eigenvalue weighted by molar-refractivity contribution is 8.00. The van der Waals surface area contributed by atoms with Crippen LogP contribution in [0.25, 0.3) is 0 Å². The molecule has 0 amide bonds. The zero-order valence-electron chi connectivity index (χ0n) is 12.3. The molecule has 2 nitrogen and oxygen atoms in total. The molecule has 0 aromatic carbocycles. The normalized spacial score (nSPS) is 27.4. The van der Waals surface area contributed by atoms with Crippen molar-refractivity contribution in [1.82, 2.24) is 10.2 Å². The molecule has 1 aliphatic rings. The molecule has 0 spiro atoms. The van der Waals surface area contributed by atoms with E-state index >= 15 is 0 Å². The third kappa shape index (κ3) is 5.62. The van der Waals surface area contributed by atoms with E-state index in [1.807, 2.05) is 0 Å². The Kier molecular flexibility index (Phi) is 6.32. The minimum absolute atomic E-state index is 0.403. The van der Waals surface area contributed by atoms with Gasteiger partial charge in [-0.05, 0) is 12.8 Å². The highest BCUT2D eigenvalue weighted by Crippen LogP contribution is 2.23. The van der Waals surface area contributed by atoms with Gasteiger partial charge in [0.2, 0.25) is 0 Å². The van der Waals surface area contributed by atoms with Gasteiger partial charge in [0, 0.05) is 42.2 Å². The van der Waals surface area contributed by atoms with Crippen LogP contribution in [-0.4, -0.2) is 47.1 Å². The van der Waals surface area contributed by atoms with E-state index in [0.29, 0.717) is 10.8 Å². The fourth-order valence-corrected chi connectivity index (χ4v) is 3.29. The quantitative estimate of drug-likeness (QED) is 0.816. The van der Waals surface area contributed by atoms with E-state index in [2.05, 4.69) is 56.6 Å². The van der Waals surface area contributed by atoms with Crippen LogP contribution in [0.1, 0.15) is 47.5 Å². The summed E-state index contributed by atoms with van der Waals surface area (Å²) >= 11 is 2.09. The first kappa shape index (κ1) is 15.3. The van der Waals surface area contributed by atoms with Crippen molar-refractivity contribution in [2.24, 2.45) is 0 Å². The molecule has 0 bridgehead atoms. The maximum absolute atomic E-state index is 3.66.